The second-order valence-corrected chi connectivity index (χ2v) is 11.2. The van der Waals surface area contributed by atoms with E-state index in [-0.39, 0.29) is 16.9 Å². The molecule has 0 radical (unpaired) electrons. The highest BCUT2D eigenvalue weighted by molar-refractivity contribution is 7.12. The number of halogens is 3. The number of rotatable bonds is 3. The van der Waals surface area contributed by atoms with E-state index in [1.54, 1.807) is 47.9 Å². The molecule has 3 aromatic carbocycles. The number of alkyl halides is 3. The highest BCUT2D eigenvalue weighted by Crippen LogP contribution is 2.61. The van der Waals surface area contributed by atoms with Gasteiger partial charge in [0.15, 0.2) is 17.3 Å². The Morgan fingerprint density at radius 1 is 0.825 bits per heavy atom. The van der Waals surface area contributed by atoms with Crippen LogP contribution >= 0.6 is 11.3 Å². The zero-order valence-corrected chi connectivity index (χ0v) is 21.6. The Hall–Kier alpha value is -4.30. The summed E-state index contributed by atoms with van der Waals surface area (Å²) in [7, 11) is 0. The van der Waals surface area contributed by atoms with Crippen LogP contribution in [0.15, 0.2) is 96.4 Å². The second-order valence-electron chi connectivity index (χ2n) is 10.2. The molecule has 0 saturated carbocycles. The Labute approximate surface area is 231 Å². The molecular weight excluding hydrogens is 535 g/mol. The first-order chi connectivity index (χ1) is 19.2. The van der Waals surface area contributed by atoms with Gasteiger partial charge in [-0.25, -0.2) is 0 Å². The Kier molecular flexibility index (Phi) is 5.31. The van der Waals surface area contributed by atoms with Crippen LogP contribution in [-0.4, -0.2) is 29.4 Å². The van der Waals surface area contributed by atoms with E-state index in [9.17, 15) is 27.6 Å². The molecular formula is C32H20F3NO3S. The van der Waals surface area contributed by atoms with Gasteiger partial charge in [-0.15, -0.1) is 11.3 Å². The smallest absolute Gasteiger partial charge is 0.352 e. The third kappa shape index (κ3) is 3.23. The van der Waals surface area contributed by atoms with Crippen LogP contribution < -0.4 is 4.90 Å². The summed E-state index contributed by atoms with van der Waals surface area (Å²) in [6.07, 6.45) is -0.918. The third-order valence-corrected chi connectivity index (χ3v) is 9.23. The molecule has 3 atom stereocenters. The van der Waals surface area contributed by atoms with Crippen LogP contribution in [0.3, 0.4) is 0 Å². The van der Waals surface area contributed by atoms with Crippen LogP contribution in [0, 0.1) is 5.41 Å². The second kappa shape index (κ2) is 8.60. The minimum atomic E-state index is -4.56. The quantitative estimate of drug-likeness (QED) is 0.200. The number of carbonyl (C=O) groups excluding carboxylic acids is 3. The number of thiophene rings is 1. The molecule has 0 unspecified atom stereocenters. The van der Waals surface area contributed by atoms with Gasteiger partial charge in [0, 0.05) is 22.7 Å². The fourth-order valence-electron chi connectivity index (χ4n) is 6.73. The van der Waals surface area contributed by atoms with E-state index in [4.69, 9.17) is 0 Å². The zero-order chi connectivity index (χ0) is 27.8. The Morgan fingerprint density at radius 2 is 1.48 bits per heavy atom. The molecule has 198 valence electrons. The van der Waals surface area contributed by atoms with E-state index in [2.05, 4.69) is 0 Å². The van der Waals surface area contributed by atoms with Crippen LogP contribution in [0.25, 0.3) is 6.08 Å². The topological polar surface area (TPSA) is 54.5 Å². The number of carbonyl (C=O) groups is 3. The minimum Gasteiger partial charge on any atom is -0.352 e. The summed E-state index contributed by atoms with van der Waals surface area (Å²) >= 11 is 1.25. The molecule has 1 fully saturated rings. The molecule has 1 aromatic heterocycles. The summed E-state index contributed by atoms with van der Waals surface area (Å²) in [5, 5.41) is 1.77. The van der Waals surface area contributed by atoms with Crippen molar-refractivity contribution in [3.8, 4) is 0 Å². The number of benzene rings is 3. The van der Waals surface area contributed by atoms with Gasteiger partial charge in [-0.1, -0.05) is 72.8 Å². The fraction of sp³-hybridized carbons (Fsp3) is 0.156. The highest BCUT2D eigenvalue weighted by Gasteiger charge is 2.71. The van der Waals surface area contributed by atoms with Gasteiger partial charge in [0.25, 0.3) is 0 Å². The van der Waals surface area contributed by atoms with Crippen LogP contribution in [0.2, 0.25) is 0 Å². The van der Waals surface area contributed by atoms with Crippen LogP contribution in [0.1, 0.15) is 53.0 Å². The molecule has 0 bridgehead atoms. The lowest BCUT2D eigenvalue weighted by molar-refractivity contribution is -0.137. The summed E-state index contributed by atoms with van der Waals surface area (Å²) in [4.78, 5) is 45.6. The van der Waals surface area contributed by atoms with Crippen molar-refractivity contribution in [2.24, 2.45) is 5.41 Å². The Bertz CT molecular complexity index is 1690. The van der Waals surface area contributed by atoms with E-state index < -0.39 is 46.7 Å². The largest absolute Gasteiger partial charge is 0.416 e. The molecule has 40 heavy (non-hydrogen) atoms. The molecule has 1 spiro atoms. The van der Waals surface area contributed by atoms with E-state index in [1.165, 1.54) is 23.5 Å². The van der Waals surface area contributed by atoms with Crippen molar-refractivity contribution in [1.82, 2.24) is 0 Å². The molecule has 4 nitrogen and oxygen atoms in total. The maximum Gasteiger partial charge on any atom is 0.416 e. The van der Waals surface area contributed by atoms with Gasteiger partial charge < -0.3 is 4.90 Å². The van der Waals surface area contributed by atoms with Gasteiger partial charge >= 0.3 is 6.18 Å². The lowest BCUT2D eigenvalue weighted by atomic mass is 9.64. The Balaban J connectivity index is 1.53. The summed E-state index contributed by atoms with van der Waals surface area (Å²) in [5.74, 6) is -2.17. The number of Topliss-reactive ketones (excluding diaryl/α,β-unsaturated/α-hetero) is 3. The highest BCUT2D eigenvalue weighted by atomic mass is 32.1. The van der Waals surface area contributed by atoms with E-state index in [1.807, 2.05) is 35.2 Å². The predicted octanol–water partition coefficient (Wildman–Crippen LogP) is 7.08. The van der Waals surface area contributed by atoms with Crippen molar-refractivity contribution in [2.45, 2.75) is 24.2 Å². The van der Waals surface area contributed by atoms with Gasteiger partial charge in [-0.05, 0) is 40.8 Å². The average Bonchev–Trinajstić information content (AvgIpc) is 3.66. The summed E-state index contributed by atoms with van der Waals surface area (Å²) in [6.45, 7) is 0. The number of fused-ring (bicyclic) bond motifs is 5. The molecule has 1 saturated heterocycles. The van der Waals surface area contributed by atoms with Crippen molar-refractivity contribution in [1.29, 1.82) is 0 Å². The first-order valence-corrected chi connectivity index (χ1v) is 13.6. The van der Waals surface area contributed by atoms with Crippen molar-refractivity contribution in [2.75, 3.05) is 4.90 Å². The number of para-hydroxylation sites is 1. The standard InChI is InChI=1S/C32H20F3NO3S/c33-32(34,35)20-14-11-19(12-15-20)26-27(28(37)24-10-5-17-40-24)36-23-9-4-1-6-18(23)13-16-25(36)31(26)29(38)21-7-2-3-8-22(21)30(31)39/h1-17,25-27H/t25-,26+,27-/m1/s1. The molecule has 2 aliphatic heterocycles. The van der Waals surface area contributed by atoms with Gasteiger partial charge in [0.2, 0.25) is 0 Å². The zero-order valence-electron chi connectivity index (χ0n) is 20.8. The lowest BCUT2D eigenvalue weighted by Crippen LogP contribution is -2.48. The predicted molar refractivity (Wildman–Crippen MR) is 146 cm³/mol. The molecule has 3 heterocycles. The minimum absolute atomic E-state index is 0.265. The monoisotopic (exact) mass is 555 g/mol. The number of ketones is 3. The van der Waals surface area contributed by atoms with Gasteiger partial charge in [-0.3, -0.25) is 14.4 Å². The average molecular weight is 556 g/mol. The normalized spacial score (nSPS) is 22.4. The molecule has 0 N–H and O–H groups in total. The van der Waals surface area contributed by atoms with Crippen LogP contribution in [0.5, 0.6) is 0 Å². The molecule has 8 heteroatoms. The van der Waals surface area contributed by atoms with E-state index in [0.717, 1.165) is 17.7 Å². The van der Waals surface area contributed by atoms with Crippen LogP contribution in [0.4, 0.5) is 18.9 Å². The fourth-order valence-corrected chi connectivity index (χ4v) is 7.43. The Morgan fingerprint density at radius 3 is 2.10 bits per heavy atom. The number of hydrogen-bond acceptors (Lipinski definition) is 5. The molecule has 1 aliphatic carbocycles. The van der Waals surface area contributed by atoms with Gasteiger partial charge in [-0.2, -0.15) is 13.2 Å². The summed E-state index contributed by atoms with van der Waals surface area (Å²) in [5.41, 5.74) is -0.221. The van der Waals surface area contributed by atoms with Crippen LogP contribution in [-0.2, 0) is 6.18 Å². The number of nitrogens with zero attached hydrogens (tertiary/aromatic N) is 1. The van der Waals surface area contributed by atoms with Crippen molar-refractivity contribution in [3.05, 3.63) is 129 Å². The van der Waals surface area contributed by atoms with Crippen molar-refractivity contribution < 1.29 is 27.6 Å². The maximum atomic E-state index is 14.5. The van der Waals surface area contributed by atoms with Crippen molar-refractivity contribution >= 4 is 40.4 Å². The van der Waals surface area contributed by atoms with E-state index in [0.29, 0.717) is 16.1 Å². The maximum absolute atomic E-state index is 14.5. The molecule has 0 amide bonds. The SMILES string of the molecule is O=C(c1cccs1)[C@H]1[C@H](c2ccc(C(F)(F)F)cc2)C2(C(=O)c3ccccc3C2=O)[C@H]2C=Cc3ccccc3N12. The number of hydrogen-bond donors (Lipinski definition) is 0. The first kappa shape index (κ1) is 24.7. The lowest BCUT2D eigenvalue weighted by Gasteiger charge is -2.37. The third-order valence-electron chi connectivity index (χ3n) is 8.34. The van der Waals surface area contributed by atoms with Gasteiger partial charge in [0.05, 0.1) is 16.5 Å². The molecule has 4 aromatic rings. The van der Waals surface area contributed by atoms with Gasteiger partial charge in [0.1, 0.15) is 11.5 Å². The summed E-state index contributed by atoms with van der Waals surface area (Å²) in [6, 6.07) is 20.1. The first-order valence-electron chi connectivity index (χ1n) is 12.7. The van der Waals surface area contributed by atoms with Crippen molar-refractivity contribution in [3.63, 3.8) is 0 Å². The summed E-state index contributed by atoms with van der Waals surface area (Å²) < 4.78 is 40.5. The van der Waals surface area contributed by atoms with E-state index >= 15 is 0 Å². The number of anilines is 1. The molecule has 3 aliphatic rings. The molecule has 7 rings (SSSR count).